The molecule has 2 heterocycles. The molecule has 1 aromatic carbocycles. The normalized spacial score (nSPS) is 16.5. The maximum atomic E-state index is 5.66. The van der Waals surface area contributed by atoms with Gasteiger partial charge in [-0.1, -0.05) is 24.3 Å². The van der Waals surface area contributed by atoms with Crippen LogP contribution in [0.25, 0.3) is 11.3 Å². The molecule has 0 unspecified atom stereocenters. The predicted octanol–water partition coefficient (Wildman–Crippen LogP) is 3.30. The van der Waals surface area contributed by atoms with Crippen molar-refractivity contribution in [2.75, 3.05) is 13.2 Å². The van der Waals surface area contributed by atoms with E-state index in [9.17, 15) is 0 Å². The Morgan fingerprint density at radius 2 is 1.76 bits per heavy atom. The van der Waals surface area contributed by atoms with Crippen molar-refractivity contribution in [2.24, 2.45) is 0 Å². The lowest BCUT2D eigenvalue weighted by Gasteiger charge is -2.12. The van der Waals surface area contributed by atoms with E-state index in [1.54, 1.807) is 0 Å². The van der Waals surface area contributed by atoms with Crippen LogP contribution in [0, 0.1) is 6.92 Å². The van der Waals surface area contributed by atoms with Crippen molar-refractivity contribution in [1.82, 2.24) is 0 Å². The van der Waals surface area contributed by atoms with Crippen LogP contribution in [0.2, 0.25) is 0 Å². The summed E-state index contributed by atoms with van der Waals surface area (Å²) < 4.78 is 16.7. The molecule has 0 N–H and O–H groups in total. The minimum atomic E-state index is -0.267. The van der Waals surface area contributed by atoms with Crippen LogP contribution in [0.1, 0.15) is 17.6 Å². The molecule has 1 aromatic heterocycles. The highest BCUT2D eigenvalue weighted by Gasteiger charge is 2.22. The van der Waals surface area contributed by atoms with Gasteiger partial charge >= 0.3 is 0 Å². The van der Waals surface area contributed by atoms with Crippen LogP contribution in [0.5, 0.6) is 0 Å². The Labute approximate surface area is 100.0 Å². The Balaban J connectivity index is 2.03. The molecule has 2 aromatic rings. The van der Waals surface area contributed by atoms with Crippen molar-refractivity contribution in [2.45, 2.75) is 13.2 Å². The standard InChI is InChI=1S/C14H14O3/c1-10-6-7-13(17-10)11-4-2-3-5-12(11)14-15-8-9-16-14/h2-7,14H,8-9H2,1H3. The van der Waals surface area contributed by atoms with Gasteiger partial charge in [0, 0.05) is 11.1 Å². The topological polar surface area (TPSA) is 31.6 Å². The molecule has 1 aliphatic rings. The molecule has 3 rings (SSSR count). The van der Waals surface area contributed by atoms with Crippen LogP contribution in [0.15, 0.2) is 40.8 Å². The van der Waals surface area contributed by atoms with E-state index in [0.29, 0.717) is 13.2 Å². The van der Waals surface area contributed by atoms with Crippen LogP contribution < -0.4 is 0 Å². The van der Waals surface area contributed by atoms with Crippen molar-refractivity contribution < 1.29 is 13.9 Å². The highest BCUT2D eigenvalue weighted by molar-refractivity contribution is 5.62. The van der Waals surface area contributed by atoms with Crippen LogP contribution in [0.4, 0.5) is 0 Å². The Bertz CT molecular complexity index is 510. The molecule has 88 valence electrons. The van der Waals surface area contributed by atoms with Gasteiger partial charge in [0.25, 0.3) is 0 Å². The molecule has 17 heavy (non-hydrogen) atoms. The fourth-order valence-corrected chi connectivity index (χ4v) is 2.04. The van der Waals surface area contributed by atoms with E-state index in [4.69, 9.17) is 13.9 Å². The third-order valence-corrected chi connectivity index (χ3v) is 2.84. The third kappa shape index (κ3) is 1.99. The Hall–Kier alpha value is -1.58. The first-order valence-electron chi connectivity index (χ1n) is 5.73. The van der Waals surface area contributed by atoms with Gasteiger partial charge in [0.2, 0.25) is 0 Å². The van der Waals surface area contributed by atoms with Crippen molar-refractivity contribution in [3.8, 4) is 11.3 Å². The summed E-state index contributed by atoms with van der Waals surface area (Å²) in [4.78, 5) is 0. The van der Waals surface area contributed by atoms with E-state index in [1.165, 1.54) is 0 Å². The second kappa shape index (κ2) is 4.35. The predicted molar refractivity (Wildman–Crippen MR) is 63.5 cm³/mol. The first kappa shape index (κ1) is 10.6. The fraction of sp³-hybridized carbons (Fsp3) is 0.286. The maximum absolute atomic E-state index is 5.66. The summed E-state index contributed by atoms with van der Waals surface area (Å²) in [5.41, 5.74) is 2.06. The summed E-state index contributed by atoms with van der Waals surface area (Å²) in [7, 11) is 0. The molecule has 3 heteroatoms. The monoisotopic (exact) mass is 230 g/mol. The quantitative estimate of drug-likeness (QED) is 0.793. The van der Waals surface area contributed by atoms with Gasteiger partial charge in [0.05, 0.1) is 13.2 Å². The molecule has 0 aliphatic carbocycles. The molecule has 0 amide bonds. The summed E-state index contributed by atoms with van der Waals surface area (Å²) >= 11 is 0. The zero-order valence-corrected chi connectivity index (χ0v) is 9.68. The molecule has 1 aliphatic heterocycles. The molecule has 1 saturated heterocycles. The molecule has 1 fully saturated rings. The highest BCUT2D eigenvalue weighted by Crippen LogP contribution is 2.33. The van der Waals surface area contributed by atoms with Crippen molar-refractivity contribution in [3.63, 3.8) is 0 Å². The van der Waals surface area contributed by atoms with Crippen LogP contribution in [-0.2, 0) is 9.47 Å². The molecule has 0 radical (unpaired) electrons. The largest absolute Gasteiger partial charge is 0.461 e. The van der Waals surface area contributed by atoms with Gasteiger partial charge in [0.15, 0.2) is 6.29 Å². The molecular weight excluding hydrogens is 216 g/mol. The number of furan rings is 1. The number of hydrogen-bond acceptors (Lipinski definition) is 3. The van der Waals surface area contributed by atoms with Crippen LogP contribution in [-0.4, -0.2) is 13.2 Å². The zero-order chi connectivity index (χ0) is 11.7. The van der Waals surface area contributed by atoms with Gasteiger partial charge in [-0.25, -0.2) is 0 Å². The molecule has 3 nitrogen and oxygen atoms in total. The molecule has 0 saturated carbocycles. The minimum absolute atomic E-state index is 0.267. The van der Waals surface area contributed by atoms with E-state index in [1.807, 2.05) is 43.3 Å². The van der Waals surface area contributed by atoms with Gasteiger partial charge in [0.1, 0.15) is 11.5 Å². The SMILES string of the molecule is Cc1ccc(-c2ccccc2C2OCCO2)o1. The van der Waals surface area contributed by atoms with E-state index in [-0.39, 0.29) is 6.29 Å². The average Bonchev–Trinajstić information content (AvgIpc) is 3.00. The maximum Gasteiger partial charge on any atom is 0.184 e. The minimum Gasteiger partial charge on any atom is -0.461 e. The van der Waals surface area contributed by atoms with Gasteiger partial charge < -0.3 is 13.9 Å². The Morgan fingerprint density at radius 3 is 2.47 bits per heavy atom. The molecular formula is C14H14O3. The van der Waals surface area contributed by atoms with E-state index >= 15 is 0 Å². The van der Waals surface area contributed by atoms with E-state index < -0.39 is 0 Å². The summed E-state index contributed by atoms with van der Waals surface area (Å²) in [6, 6.07) is 12.0. The van der Waals surface area contributed by atoms with Crippen molar-refractivity contribution in [3.05, 3.63) is 47.7 Å². The van der Waals surface area contributed by atoms with Crippen molar-refractivity contribution in [1.29, 1.82) is 0 Å². The highest BCUT2D eigenvalue weighted by atomic mass is 16.7. The molecule has 0 spiro atoms. The number of benzene rings is 1. The second-order valence-electron chi connectivity index (χ2n) is 4.07. The van der Waals surface area contributed by atoms with Crippen LogP contribution in [0.3, 0.4) is 0 Å². The first-order chi connectivity index (χ1) is 8.34. The molecule has 0 bridgehead atoms. The number of rotatable bonds is 2. The zero-order valence-electron chi connectivity index (χ0n) is 9.68. The van der Waals surface area contributed by atoms with Gasteiger partial charge in [-0.05, 0) is 19.1 Å². The number of hydrogen-bond donors (Lipinski definition) is 0. The third-order valence-electron chi connectivity index (χ3n) is 2.84. The van der Waals surface area contributed by atoms with E-state index in [0.717, 1.165) is 22.6 Å². The average molecular weight is 230 g/mol. The summed E-state index contributed by atoms with van der Waals surface area (Å²) in [6.07, 6.45) is -0.267. The first-order valence-corrected chi connectivity index (χ1v) is 5.73. The summed E-state index contributed by atoms with van der Waals surface area (Å²) in [6.45, 7) is 3.24. The Morgan fingerprint density at radius 1 is 1.00 bits per heavy atom. The fourth-order valence-electron chi connectivity index (χ4n) is 2.04. The lowest BCUT2D eigenvalue weighted by molar-refractivity contribution is -0.0437. The van der Waals surface area contributed by atoms with Crippen molar-refractivity contribution >= 4 is 0 Å². The smallest absolute Gasteiger partial charge is 0.184 e. The summed E-state index contributed by atoms with van der Waals surface area (Å²) in [5.74, 6) is 1.76. The Kier molecular flexibility index (Phi) is 2.71. The van der Waals surface area contributed by atoms with Crippen LogP contribution >= 0.6 is 0 Å². The van der Waals surface area contributed by atoms with Gasteiger partial charge in [-0.3, -0.25) is 0 Å². The second-order valence-corrected chi connectivity index (χ2v) is 4.07. The lowest BCUT2D eigenvalue weighted by Crippen LogP contribution is -1.99. The number of ether oxygens (including phenoxy) is 2. The van der Waals surface area contributed by atoms with Gasteiger partial charge in [-0.15, -0.1) is 0 Å². The van der Waals surface area contributed by atoms with Gasteiger partial charge in [-0.2, -0.15) is 0 Å². The summed E-state index contributed by atoms with van der Waals surface area (Å²) in [5, 5.41) is 0. The number of aryl methyl sites for hydroxylation is 1. The van der Waals surface area contributed by atoms with E-state index in [2.05, 4.69) is 0 Å². The lowest BCUT2D eigenvalue weighted by atomic mass is 10.1. The molecule has 0 atom stereocenters.